The van der Waals surface area contributed by atoms with Gasteiger partial charge in [-0.15, -0.1) is 0 Å². The van der Waals surface area contributed by atoms with Gasteiger partial charge in [-0.2, -0.15) is 0 Å². The summed E-state index contributed by atoms with van der Waals surface area (Å²) in [5.74, 6) is -2.32. The third-order valence-electron chi connectivity index (χ3n) is 16.9. The summed E-state index contributed by atoms with van der Waals surface area (Å²) in [6.45, 7) is 4.68. The van der Waals surface area contributed by atoms with Gasteiger partial charge in [-0.25, -0.2) is 9.13 Å². The first-order valence-corrected chi connectivity index (χ1v) is 43.8. The van der Waals surface area contributed by atoms with E-state index in [-0.39, 0.29) is 25.7 Å². The maximum atomic E-state index is 13.1. The zero-order valence-corrected chi connectivity index (χ0v) is 67.2. The van der Waals surface area contributed by atoms with E-state index in [1.165, 1.54) is 116 Å². The molecule has 5 atom stereocenters. The molecule has 104 heavy (non-hydrogen) atoms. The van der Waals surface area contributed by atoms with Crippen molar-refractivity contribution in [2.45, 2.75) is 354 Å². The van der Waals surface area contributed by atoms with Crippen LogP contribution in [0.3, 0.4) is 0 Å². The Morgan fingerprint density at radius 3 is 0.788 bits per heavy atom. The molecule has 0 spiro atoms. The molecule has 0 aliphatic rings. The Morgan fingerprint density at radius 2 is 0.481 bits per heavy atom. The number of phosphoric ester groups is 2. The molecule has 0 aliphatic heterocycles. The highest BCUT2D eigenvalue weighted by Crippen LogP contribution is 2.45. The van der Waals surface area contributed by atoms with Gasteiger partial charge in [0, 0.05) is 25.7 Å². The summed E-state index contributed by atoms with van der Waals surface area (Å²) in [5, 5.41) is 10.6. The molecule has 19 heteroatoms. The summed E-state index contributed by atoms with van der Waals surface area (Å²) in [6.07, 6.45) is 84.7. The van der Waals surface area contributed by atoms with Crippen LogP contribution in [0.1, 0.15) is 336 Å². The van der Waals surface area contributed by atoms with Crippen LogP contribution in [-0.2, 0) is 65.4 Å². The Kier molecular flexibility index (Phi) is 73.3. The van der Waals surface area contributed by atoms with E-state index < -0.39 is 97.5 Å². The molecule has 0 aromatic rings. The molecular weight excluding hydrogens is 1350 g/mol. The maximum absolute atomic E-state index is 13.1. The van der Waals surface area contributed by atoms with E-state index in [0.717, 1.165) is 128 Å². The maximum Gasteiger partial charge on any atom is 0.472 e. The topological polar surface area (TPSA) is 237 Å². The number of aliphatic hydroxyl groups excluding tert-OH is 1. The van der Waals surface area contributed by atoms with Crippen LogP contribution in [0.2, 0.25) is 0 Å². The summed E-state index contributed by atoms with van der Waals surface area (Å²) < 4.78 is 68.5. The molecule has 0 aromatic heterocycles. The highest BCUT2D eigenvalue weighted by molar-refractivity contribution is 7.47. The van der Waals surface area contributed by atoms with Crippen molar-refractivity contribution in [2.75, 3.05) is 39.6 Å². The molecule has 0 radical (unpaired) electrons. The molecule has 0 rings (SSSR count). The first-order chi connectivity index (χ1) is 50.7. The minimum absolute atomic E-state index is 0.0108. The Bertz CT molecular complexity index is 2440. The molecule has 3 unspecified atom stereocenters. The Hall–Kier alpha value is -4.54. The van der Waals surface area contributed by atoms with E-state index in [0.29, 0.717) is 38.5 Å². The predicted molar refractivity (Wildman–Crippen MR) is 427 cm³/mol. The van der Waals surface area contributed by atoms with Crippen molar-refractivity contribution in [1.29, 1.82) is 0 Å². The highest BCUT2D eigenvalue weighted by atomic mass is 31.2. The number of ether oxygens (including phenoxy) is 4. The summed E-state index contributed by atoms with van der Waals surface area (Å²) in [4.78, 5) is 73.0. The standard InChI is InChI=1S/C85H146O17P2/c1-5-9-13-17-21-25-29-33-37-39-43-46-50-54-58-62-66-70-83(88)96-76-81(102-85(90)72-68-64-60-56-52-48-44-40-38-34-30-26-22-18-14-10-6-2)78-100-104(93,94)98-74-79(86)73-97-103(91,92)99-77-80(101-84(89)71-67-63-59-55-51-47-42-36-32-28-24-20-16-12-8-4)75-95-82(87)69-65-61-57-53-49-45-41-35-31-27-23-19-15-11-7-3/h23-24,27-28,33-38,41-44,46,48,54,56,58,60,79-81,86H,5-22,25-26,29-32,39-40,45,47,49-53,55,57,59,61-78H2,1-4H3,(H,91,92)(H,93,94)/b27-23-,28-24-,37-33-,38-34-,41-35-,42-36-,46-43-,48-44-,58-54-,60-56-/t79?,80-,81-/m1/s1. The molecule has 0 aliphatic carbocycles. The van der Waals surface area contributed by atoms with Gasteiger partial charge in [-0.1, -0.05) is 278 Å². The van der Waals surface area contributed by atoms with Crippen LogP contribution in [0.5, 0.6) is 0 Å². The molecule has 0 saturated carbocycles. The molecule has 17 nitrogen and oxygen atoms in total. The largest absolute Gasteiger partial charge is 0.472 e. The second kappa shape index (κ2) is 76.6. The Morgan fingerprint density at radius 1 is 0.269 bits per heavy atom. The second-order valence-electron chi connectivity index (χ2n) is 27.0. The number of allylic oxidation sites excluding steroid dienone is 20. The smallest absolute Gasteiger partial charge is 0.462 e. The first kappa shape index (κ1) is 99.5. The number of phosphoric acid groups is 2. The van der Waals surface area contributed by atoms with Crippen molar-refractivity contribution >= 4 is 39.5 Å². The van der Waals surface area contributed by atoms with Crippen molar-refractivity contribution in [1.82, 2.24) is 0 Å². The third-order valence-corrected chi connectivity index (χ3v) is 18.8. The van der Waals surface area contributed by atoms with Gasteiger partial charge >= 0.3 is 39.5 Å². The van der Waals surface area contributed by atoms with Crippen LogP contribution in [-0.4, -0.2) is 96.7 Å². The van der Waals surface area contributed by atoms with Crippen molar-refractivity contribution in [3.8, 4) is 0 Å². The van der Waals surface area contributed by atoms with Gasteiger partial charge in [0.25, 0.3) is 0 Å². The average molecular weight is 1500 g/mol. The monoisotopic (exact) mass is 1500 g/mol. The zero-order valence-electron chi connectivity index (χ0n) is 65.4. The number of carbonyl (C=O) groups excluding carboxylic acids is 4. The molecule has 0 aromatic carbocycles. The van der Waals surface area contributed by atoms with Crippen LogP contribution < -0.4 is 0 Å². The van der Waals surface area contributed by atoms with Crippen LogP contribution in [0, 0.1) is 0 Å². The average Bonchev–Trinajstić information content (AvgIpc) is 0.926. The van der Waals surface area contributed by atoms with E-state index in [4.69, 9.17) is 37.0 Å². The van der Waals surface area contributed by atoms with E-state index >= 15 is 0 Å². The molecule has 0 amide bonds. The minimum Gasteiger partial charge on any atom is -0.462 e. The first-order valence-electron chi connectivity index (χ1n) is 40.8. The Labute approximate surface area is 632 Å². The molecule has 0 heterocycles. The lowest BCUT2D eigenvalue weighted by Gasteiger charge is -2.21. The van der Waals surface area contributed by atoms with Crippen LogP contribution in [0.4, 0.5) is 0 Å². The second-order valence-corrected chi connectivity index (χ2v) is 29.9. The SMILES string of the molecule is CCCCC/C=C\C/C=C\CCCCCCCC(=O)OC[C@H](COP(=O)(O)OCC(O)COP(=O)(O)OC[C@@H](COC(=O)CCC/C=C\C/C=C\C/C=C\CCCCCCCC)OC(=O)CCC/C=C\C/C=C\C/C=C\CCCCCCCC)OC(=O)CCCCCCC/C=C\C/C=C\CCCCC. The molecule has 0 fully saturated rings. The zero-order chi connectivity index (χ0) is 76.0. The van der Waals surface area contributed by atoms with Crippen molar-refractivity contribution in [3.63, 3.8) is 0 Å². The number of hydrogen-bond donors (Lipinski definition) is 3. The van der Waals surface area contributed by atoms with E-state index in [1.54, 1.807) is 0 Å². The fraction of sp³-hybridized carbons (Fsp3) is 0.718. The van der Waals surface area contributed by atoms with Gasteiger partial charge in [0.05, 0.1) is 26.4 Å². The van der Waals surface area contributed by atoms with E-state index in [9.17, 15) is 43.2 Å². The lowest BCUT2D eigenvalue weighted by Crippen LogP contribution is -2.30. The van der Waals surface area contributed by atoms with E-state index in [2.05, 4.69) is 125 Å². The molecule has 3 N–H and O–H groups in total. The quantitative estimate of drug-likeness (QED) is 0.0169. The number of aliphatic hydroxyl groups is 1. The van der Waals surface area contributed by atoms with Gasteiger partial charge in [-0.3, -0.25) is 37.3 Å². The number of esters is 4. The van der Waals surface area contributed by atoms with Crippen molar-refractivity contribution < 1.29 is 80.2 Å². The lowest BCUT2D eigenvalue weighted by atomic mass is 10.1. The van der Waals surface area contributed by atoms with Crippen LogP contribution >= 0.6 is 15.6 Å². The number of rotatable bonds is 76. The number of hydrogen-bond acceptors (Lipinski definition) is 15. The molecular formula is C85H146O17P2. The minimum atomic E-state index is -5.01. The van der Waals surface area contributed by atoms with Gasteiger partial charge in [0.1, 0.15) is 19.3 Å². The summed E-state index contributed by atoms with van der Waals surface area (Å²) in [7, 11) is -10.00. The highest BCUT2D eigenvalue weighted by Gasteiger charge is 2.30. The van der Waals surface area contributed by atoms with Crippen LogP contribution in [0.15, 0.2) is 122 Å². The lowest BCUT2D eigenvalue weighted by molar-refractivity contribution is -0.161. The fourth-order valence-corrected chi connectivity index (χ4v) is 12.2. The van der Waals surface area contributed by atoms with Crippen LogP contribution in [0.25, 0.3) is 0 Å². The predicted octanol–water partition coefficient (Wildman–Crippen LogP) is 23.9. The summed E-state index contributed by atoms with van der Waals surface area (Å²) in [6, 6.07) is 0. The summed E-state index contributed by atoms with van der Waals surface area (Å²) in [5.41, 5.74) is 0. The fourth-order valence-electron chi connectivity index (χ4n) is 10.6. The summed E-state index contributed by atoms with van der Waals surface area (Å²) >= 11 is 0. The van der Waals surface area contributed by atoms with Gasteiger partial charge in [0.2, 0.25) is 0 Å². The van der Waals surface area contributed by atoms with E-state index in [1.807, 2.05) is 24.3 Å². The molecule has 0 saturated heterocycles. The number of carbonyl (C=O) groups is 4. The number of unbranched alkanes of at least 4 members (excludes halogenated alkanes) is 30. The van der Waals surface area contributed by atoms with Gasteiger partial charge in [0.15, 0.2) is 12.2 Å². The van der Waals surface area contributed by atoms with Gasteiger partial charge in [-0.05, 0) is 154 Å². The van der Waals surface area contributed by atoms with Gasteiger partial charge < -0.3 is 33.8 Å². The third kappa shape index (κ3) is 75.7. The normalized spacial score (nSPS) is 14.5. The Balaban J connectivity index is 5.48. The van der Waals surface area contributed by atoms with Crippen molar-refractivity contribution in [2.24, 2.45) is 0 Å². The molecule has 0 bridgehead atoms. The molecule has 598 valence electrons. The van der Waals surface area contributed by atoms with Crippen molar-refractivity contribution in [3.05, 3.63) is 122 Å².